The van der Waals surface area contributed by atoms with E-state index in [2.05, 4.69) is 5.32 Å². The Morgan fingerprint density at radius 3 is 2.74 bits per heavy atom. The summed E-state index contributed by atoms with van der Waals surface area (Å²) in [4.78, 5) is 12.0. The summed E-state index contributed by atoms with van der Waals surface area (Å²) in [5.74, 6) is 1.69. The minimum Gasteiger partial charge on any atom is -0.486 e. The summed E-state index contributed by atoms with van der Waals surface area (Å²) in [5, 5.41) is 3.40. The fourth-order valence-corrected chi connectivity index (χ4v) is 2.46. The highest BCUT2D eigenvalue weighted by molar-refractivity contribution is 6.30. The second-order valence-electron chi connectivity index (χ2n) is 5.11. The lowest BCUT2D eigenvalue weighted by atomic mass is 10.2. The number of carbonyl (C=O) groups is 1. The number of hydrogen-bond donors (Lipinski definition) is 1. The number of amides is 1. The fraction of sp³-hybridized carbons (Fsp3) is 0.235. The van der Waals surface area contributed by atoms with Crippen LogP contribution in [0, 0.1) is 6.92 Å². The number of nitrogens with one attached hydrogen (secondary N) is 1. The molecule has 1 aliphatic heterocycles. The third-order valence-corrected chi connectivity index (χ3v) is 3.56. The van der Waals surface area contributed by atoms with E-state index >= 15 is 0 Å². The highest BCUT2D eigenvalue weighted by Crippen LogP contribution is 2.32. The summed E-state index contributed by atoms with van der Waals surface area (Å²) >= 11 is 5.89. The molecule has 0 aliphatic carbocycles. The van der Waals surface area contributed by atoms with Gasteiger partial charge in [-0.1, -0.05) is 11.6 Å². The molecule has 1 amide bonds. The highest BCUT2D eigenvalue weighted by atomic mass is 35.5. The van der Waals surface area contributed by atoms with Crippen molar-refractivity contribution in [1.29, 1.82) is 0 Å². The van der Waals surface area contributed by atoms with Crippen LogP contribution in [-0.4, -0.2) is 25.7 Å². The van der Waals surface area contributed by atoms with Gasteiger partial charge in [-0.15, -0.1) is 0 Å². The molecule has 2 aromatic rings. The largest absolute Gasteiger partial charge is 0.486 e. The van der Waals surface area contributed by atoms with Crippen molar-refractivity contribution in [2.24, 2.45) is 0 Å². The number of fused-ring (bicyclic) bond motifs is 1. The van der Waals surface area contributed by atoms with E-state index in [4.69, 9.17) is 25.8 Å². The maximum atomic E-state index is 12.0. The number of benzene rings is 2. The van der Waals surface area contributed by atoms with Crippen LogP contribution in [0.1, 0.15) is 5.56 Å². The van der Waals surface area contributed by atoms with E-state index in [9.17, 15) is 4.79 Å². The van der Waals surface area contributed by atoms with Gasteiger partial charge in [0.15, 0.2) is 18.1 Å². The first kappa shape index (κ1) is 15.5. The van der Waals surface area contributed by atoms with Crippen molar-refractivity contribution in [2.75, 3.05) is 25.1 Å². The van der Waals surface area contributed by atoms with Gasteiger partial charge in [0, 0.05) is 16.8 Å². The SMILES string of the molecule is Cc1cc(Cl)ccc1OCC(=O)Nc1ccc2c(c1)OCCO2. The zero-order valence-electron chi connectivity index (χ0n) is 12.6. The molecule has 0 saturated carbocycles. The van der Waals surface area contributed by atoms with E-state index in [-0.39, 0.29) is 12.5 Å². The molecule has 0 bridgehead atoms. The molecule has 23 heavy (non-hydrogen) atoms. The molecule has 0 aromatic heterocycles. The van der Waals surface area contributed by atoms with Gasteiger partial charge >= 0.3 is 0 Å². The number of hydrogen-bond acceptors (Lipinski definition) is 4. The average molecular weight is 334 g/mol. The summed E-state index contributed by atoms with van der Waals surface area (Å²) in [7, 11) is 0. The predicted molar refractivity (Wildman–Crippen MR) is 87.7 cm³/mol. The Morgan fingerprint density at radius 2 is 1.96 bits per heavy atom. The molecule has 0 saturated heterocycles. The van der Waals surface area contributed by atoms with Crippen LogP contribution in [0.25, 0.3) is 0 Å². The third kappa shape index (κ3) is 3.87. The number of carbonyl (C=O) groups excluding carboxylic acids is 1. The van der Waals surface area contributed by atoms with E-state index in [1.165, 1.54) is 0 Å². The molecule has 3 rings (SSSR count). The summed E-state index contributed by atoms with van der Waals surface area (Å²) in [6.07, 6.45) is 0. The molecule has 1 aliphatic rings. The number of aryl methyl sites for hydroxylation is 1. The minimum absolute atomic E-state index is 0.0864. The van der Waals surface area contributed by atoms with Gasteiger partial charge in [0.05, 0.1) is 0 Å². The Hall–Kier alpha value is -2.40. The lowest BCUT2D eigenvalue weighted by molar-refractivity contribution is -0.118. The number of ether oxygens (including phenoxy) is 3. The van der Waals surface area contributed by atoms with Crippen LogP contribution in [-0.2, 0) is 4.79 Å². The zero-order chi connectivity index (χ0) is 16.2. The van der Waals surface area contributed by atoms with Gasteiger partial charge in [-0.2, -0.15) is 0 Å². The Kier molecular flexibility index (Phi) is 4.57. The van der Waals surface area contributed by atoms with Crippen LogP contribution in [0.2, 0.25) is 5.02 Å². The normalized spacial score (nSPS) is 12.6. The summed E-state index contributed by atoms with van der Waals surface area (Å²) in [6.45, 7) is 2.83. The molecule has 6 heteroatoms. The van der Waals surface area contributed by atoms with Crippen molar-refractivity contribution in [3.63, 3.8) is 0 Å². The lowest BCUT2D eigenvalue weighted by Gasteiger charge is -2.19. The molecule has 0 radical (unpaired) electrons. The quantitative estimate of drug-likeness (QED) is 0.931. The van der Waals surface area contributed by atoms with Crippen LogP contribution < -0.4 is 19.5 Å². The van der Waals surface area contributed by atoms with Crippen molar-refractivity contribution >= 4 is 23.2 Å². The van der Waals surface area contributed by atoms with E-state index in [1.807, 2.05) is 6.92 Å². The van der Waals surface area contributed by atoms with Gasteiger partial charge in [0.1, 0.15) is 19.0 Å². The van der Waals surface area contributed by atoms with Crippen molar-refractivity contribution in [1.82, 2.24) is 0 Å². The van der Waals surface area contributed by atoms with Gasteiger partial charge < -0.3 is 19.5 Å². The van der Waals surface area contributed by atoms with Crippen molar-refractivity contribution in [2.45, 2.75) is 6.92 Å². The second kappa shape index (κ2) is 6.79. The molecular weight excluding hydrogens is 318 g/mol. The first-order valence-corrected chi connectivity index (χ1v) is 7.58. The van der Waals surface area contributed by atoms with Crippen molar-refractivity contribution in [3.8, 4) is 17.2 Å². The first-order valence-electron chi connectivity index (χ1n) is 7.20. The molecule has 1 heterocycles. The molecule has 0 fully saturated rings. The number of halogens is 1. The van der Waals surface area contributed by atoms with Gasteiger partial charge in [-0.25, -0.2) is 0 Å². The third-order valence-electron chi connectivity index (χ3n) is 3.32. The molecule has 0 atom stereocenters. The maximum absolute atomic E-state index is 12.0. The molecule has 0 unspecified atom stereocenters. The topological polar surface area (TPSA) is 56.8 Å². The Balaban J connectivity index is 1.59. The summed E-state index contributed by atoms with van der Waals surface area (Å²) < 4.78 is 16.4. The van der Waals surface area contributed by atoms with E-state index in [0.717, 1.165) is 5.56 Å². The van der Waals surface area contributed by atoms with Crippen molar-refractivity contribution in [3.05, 3.63) is 47.0 Å². The van der Waals surface area contributed by atoms with Crippen LogP contribution in [0.15, 0.2) is 36.4 Å². The second-order valence-corrected chi connectivity index (χ2v) is 5.54. The highest BCUT2D eigenvalue weighted by Gasteiger charge is 2.13. The van der Waals surface area contributed by atoms with Crippen LogP contribution in [0.5, 0.6) is 17.2 Å². The smallest absolute Gasteiger partial charge is 0.262 e. The molecule has 120 valence electrons. The van der Waals surface area contributed by atoms with E-state index < -0.39 is 0 Å². The average Bonchev–Trinajstić information content (AvgIpc) is 2.54. The number of anilines is 1. The summed E-state index contributed by atoms with van der Waals surface area (Å²) in [5.41, 5.74) is 1.51. The number of rotatable bonds is 4. The van der Waals surface area contributed by atoms with Gasteiger partial charge in [-0.3, -0.25) is 4.79 Å². The van der Waals surface area contributed by atoms with Gasteiger partial charge in [-0.05, 0) is 42.8 Å². The van der Waals surface area contributed by atoms with Gasteiger partial charge in [0.2, 0.25) is 0 Å². The predicted octanol–water partition coefficient (Wildman–Crippen LogP) is 3.44. The molecule has 5 nitrogen and oxygen atoms in total. The van der Waals surface area contributed by atoms with E-state index in [1.54, 1.807) is 36.4 Å². The fourth-order valence-electron chi connectivity index (χ4n) is 2.24. The zero-order valence-corrected chi connectivity index (χ0v) is 13.4. The Morgan fingerprint density at radius 1 is 1.17 bits per heavy atom. The Labute approximate surface area is 139 Å². The van der Waals surface area contributed by atoms with Crippen LogP contribution >= 0.6 is 11.6 Å². The van der Waals surface area contributed by atoms with E-state index in [0.29, 0.717) is 41.2 Å². The monoisotopic (exact) mass is 333 g/mol. The lowest BCUT2D eigenvalue weighted by Crippen LogP contribution is -2.21. The molecule has 0 spiro atoms. The molecular formula is C17H16ClNO4. The van der Waals surface area contributed by atoms with Crippen molar-refractivity contribution < 1.29 is 19.0 Å². The maximum Gasteiger partial charge on any atom is 0.262 e. The molecule has 1 N–H and O–H groups in total. The Bertz CT molecular complexity index is 733. The summed E-state index contributed by atoms with van der Waals surface area (Å²) in [6, 6.07) is 10.5. The minimum atomic E-state index is -0.254. The van der Waals surface area contributed by atoms with Crippen LogP contribution in [0.4, 0.5) is 5.69 Å². The van der Waals surface area contributed by atoms with Gasteiger partial charge in [0.25, 0.3) is 5.91 Å². The first-order chi connectivity index (χ1) is 11.1. The molecule has 2 aromatic carbocycles. The standard InChI is InChI=1S/C17H16ClNO4/c1-11-8-12(18)2-4-14(11)23-10-17(20)19-13-3-5-15-16(9-13)22-7-6-21-15/h2-5,8-9H,6-7,10H2,1H3,(H,19,20). The van der Waals surface area contributed by atoms with Crippen LogP contribution in [0.3, 0.4) is 0 Å².